The van der Waals surface area contributed by atoms with E-state index in [0.717, 1.165) is 49.9 Å². The number of rotatable bonds is 5. The van der Waals surface area contributed by atoms with E-state index in [1.807, 2.05) is 39.9 Å². The van der Waals surface area contributed by atoms with Crippen molar-refractivity contribution < 1.29 is 14.3 Å². The lowest BCUT2D eigenvalue weighted by molar-refractivity contribution is -0.131. The number of fused-ring (bicyclic) bond motifs is 1. The molecule has 27 heavy (non-hydrogen) atoms. The van der Waals surface area contributed by atoms with Crippen molar-refractivity contribution in [3.8, 4) is 5.75 Å². The lowest BCUT2D eigenvalue weighted by Gasteiger charge is -2.20. The van der Waals surface area contributed by atoms with Crippen molar-refractivity contribution in [2.24, 2.45) is 0 Å². The summed E-state index contributed by atoms with van der Waals surface area (Å²) >= 11 is 0. The molecule has 2 aromatic rings. The van der Waals surface area contributed by atoms with Crippen LogP contribution in [0.4, 0.5) is 0 Å². The maximum atomic E-state index is 12.5. The first-order valence-electron chi connectivity index (χ1n) is 9.76. The predicted molar refractivity (Wildman–Crippen MR) is 99.7 cm³/mol. The first-order valence-corrected chi connectivity index (χ1v) is 9.76. The topological polar surface area (TPSA) is 69.5 Å². The normalized spacial score (nSPS) is 18.0. The molecule has 0 spiro atoms. The molecular formula is C20H26N4O3. The summed E-state index contributed by atoms with van der Waals surface area (Å²) in [6.07, 6.45) is 3.13. The second-order valence-electron chi connectivity index (χ2n) is 7.04. The van der Waals surface area contributed by atoms with E-state index in [4.69, 9.17) is 19.6 Å². The lowest BCUT2D eigenvalue weighted by Crippen LogP contribution is -2.34. The minimum atomic E-state index is 0.126. The summed E-state index contributed by atoms with van der Waals surface area (Å²) in [5, 5.41) is 4.72. The zero-order valence-electron chi connectivity index (χ0n) is 15.5. The fourth-order valence-corrected chi connectivity index (χ4v) is 3.63. The summed E-state index contributed by atoms with van der Waals surface area (Å²) in [6.45, 7) is 4.06. The van der Waals surface area contributed by atoms with Gasteiger partial charge in [0.15, 0.2) is 5.82 Å². The average Bonchev–Trinajstić information content (AvgIpc) is 3.02. The number of aromatic nitrogens is 3. The molecule has 0 radical (unpaired) electrons. The first kappa shape index (κ1) is 18.0. The smallest absolute Gasteiger partial charge is 0.226 e. The Morgan fingerprint density at radius 1 is 1.15 bits per heavy atom. The summed E-state index contributed by atoms with van der Waals surface area (Å²) in [5.41, 5.74) is 0. The van der Waals surface area contributed by atoms with E-state index in [0.29, 0.717) is 38.6 Å². The van der Waals surface area contributed by atoms with Crippen molar-refractivity contribution in [3.05, 3.63) is 42.0 Å². The Hall–Kier alpha value is -2.41. The molecule has 144 valence electrons. The third-order valence-corrected chi connectivity index (χ3v) is 5.22. The molecule has 7 heteroatoms. The molecule has 0 saturated carbocycles. The van der Waals surface area contributed by atoms with Crippen molar-refractivity contribution in [3.63, 3.8) is 0 Å². The maximum absolute atomic E-state index is 12.5. The third-order valence-electron chi connectivity index (χ3n) is 5.22. The Labute approximate surface area is 159 Å². The van der Waals surface area contributed by atoms with Crippen LogP contribution in [-0.4, -0.2) is 58.5 Å². The van der Waals surface area contributed by atoms with Gasteiger partial charge in [0.05, 0.1) is 19.6 Å². The Morgan fingerprint density at radius 3 is 2.78 bits per heavy atom. The minimum Gasteiger partial charge on any atom is -0.493 e. The van der Waals surface area contributed by atoms with Gasteiger partial charge in [-0.1, -0.05) is 18.2 Å². The highest BCUT2D eigenvalue weighted by atomic mass is 16.5. The van der Waals surface area contributed by atoms with Crippen molar-refractivity contribution >= 4 is 5.91 Å². The largest absolute Gasteiger partial charge is 0.493 e. The zero-order chi connectivity index (χ0) is 18.5. The van der Waals surface area contributed by atoms with E-state index in [-0.39, 0.29) is 5.91 Å². The van der Waals surface area contributed by atoms with Crippen LogP contribution in [0, 0.1) is 0 Å². The van der Waals surface area contributed by atoms with Crippen LogP contribution in [0.1, 0.15) is 36.8 Å². The summed E-state index contributed by atoms with van der Waals surface area (Å²) in [4.78, 5) is 19.2. The molecule has 0 aliphatic carbocycles. The van der Waals surface area contributed by atoms with Crippen LogP contribution < -0.4 is 4.74 Å². The third kappa shape index (κ3) is 4.47. The highest BCUT2D eigenvalue weighted by Gasteiger charge is 2.25. The number of hydrogen-bond acceptors (Lipinski definition) is 5. The number of ether oxygens (including phenoxy) is 2. The minimum absolute atomic E-state index is 0.126. The van der Waals surface area contributed by atoms with Gasteiger partial charge in [-0.2, -0.15) is 5.10 Å². The number of hydrogen-bond donors (Lipinski definition) is 0. The molecule has 0 bridgehead atoms. The molecule has 0 atom stereocenters. The van der Waals surface area contributed by atoms with Gasteiger partial charge in [0, 0.05) is 38.6 Å². The molecule has 0 N–H and O–H groups in total. The van der Waals surface area contributed by atoms with Gasteiger partial charge in [0.1, 0.15) is 11.6 Å². The molecule has 1 aromatic carbocycles. The summed E-state index contributed by atoms with van der Waals surface area (Å²) in [7, 11) is 0. The van der Waals surface area contributed by atoms with Gasteiger partial charge in [0.25, 0.3) is 0 Å². The van der Waals surface area contributed by atoms with E-state index in [1.54, 1.807) is 0 Å². The number of para-hydroxylation sites is 1. The van der Waals surface area contributed by atoms with Gasteiger partial charge < -0.3 is 14.4 Å². The van der Waals surface area contributed by atoms with Crippen molar-refractivity contribution in [1.82, 2.24) is 19.7 Å². The molecule has 1 saturated heterocycles. The second-order valence-corrected chi connectivity index (χ2v) is 7.04. The molecule has 0 unspecified atom stereocenters. The quantitative estimate of drug-likeness (QED) is 0.805. The molecule has 1 fully saturated rings. The SMILES string of the molecule is O=C(CCOc1ccccc1)N1CCc2nc(C3CCOCC3)nn2CC1. The number of carbonyl (C=O) groups is 1. The van der Waals surface area contributed by atoms with Gasteiger partial charge in [-0.25, -0.2) is 9.67 Å². The van der Waals surface area contributed by atoms with Crippen LogP contribution in [0.2, 0.25) is 0 Å². The Balaban J connectivity index is 1.28. The monoisotopic (exact) mass is 370 g/mol. The van der Waals surface area contributed by atoms with Crippen LogP contribution in [-0.2, 0) is 22.5 Å². The highest BCUT2D eigenvalue weighted by Crippen LogP contribution is 2.25. The Bertz CT molecular complexity index is 730. The van der Waals surface area contributed by atoms with Crippen molar-refractivity contribution in [1.29, 1.82) is 0 Å². The molecule has 1 aromatic heterocycles. The fourth-order valence-electron chi connectivity index (χ4n) is 3.63. The van der Waals surface area contributed by atoms with Crippen molar-refractivity contribution in [2.75, 3.05) is 32.9 Å². The van der Waals surface area contributed by atoms with Gasteiger partial charge in [-0.3, -0.25) is 4.79 Å². The molecule has 3 heterocycles. The van der Waals surface area contributed by atoms with Gasteiger partial charge in [0.2, 0.25) is 5.91 Å². The average molecular weight is 370 g/mol. The van der Waals surface area contributed by atoms with Gasteiger partial charge in [-0.15, -0.1) is 0 Å². The Kier molecular flexibility index (Phi) is 5.67. The van der Waals surface area contributed by atoms with Crippen LogP contribution in [0.25, 0.3) is 0 Å². The number of nitrogens with zero attached hydrogens (tertiary/aromatic N) is 4. The van der Waals surface area contributed by atoms with Crippen molar-refractivity contribution in [2.45, 2.75) is 38.1 Å². The summed E-state index contributed by atoms with van der Waals surface area (Å²) in [5.74, 6) is 3.27. The molecule has 4 rings (SSSR count). The maximum Gasteiger partial charge on any atom is 0.226 e. The van der Waals surface area contributed by atoms with E-state index in [1.165, 1.54) is 0 Å². The molecule has 7 nitrogen and oxygen atoms in total. The number of amides is 1. The molecule has 2 aliphatic heterocycles. The lowest BCUT2D eigenvalue weighted by atomic mass is 10.00. The van der Waals surface area contributed by atoms with Gasteiger partial charge >= 0.3 is 0 Å². The second kappa shape index (κ2) is 8.52. The fraction of sp³-hybridized carbons (Fsp3) is 0.550. The summed E-state index contributed by atoms with van der Waals surface area (Å²) in [6, 6.07) is 9.60. The van der Waals surface area contributed by atoms with E-state index >= 15 is 0 Å². The van der Waals surface area contributed by atoms with Crippen LogP contribution in [0.5, 0.6) is 5.75 Å². The van der Waals surface area contributed by atoms with E-state index < -0.39 is 0 Å². The van der Waals surface area contributed by atoms with Crippen LogP contribution >= 0.6 is 0 Å². The van der Waals surface area contributed by atoms with Gasteiger partial charge in [-0.05, 0) is 25.0 Å². The Morgan fingerprint density at radius 2 is 1.96 bits per heavy atom. The van der Waals surface area contributed by atoms with Crippen LogP contribution in [0.15, 0.2) is 30.3 Å². The molecular weight excluding hydrogens is 344 g/mol. The van der Waals surface area contributed by atoms with E-state index in [9.17, 15) is 4.79 Å². The highest BCUT2D eigenvalue weighted by molar-refractivity contribution is 5.76. The zero-order valence-corrected chi connectivity index (χ0v) is 15.5. The van der Waals surface area contributed by atoms with Crippen LogP contribution in [0.3, 0.4) is 0 Å². The van der Waals surface area contributed by atoms with E-state index in [2.05, 4.69) is 0 Å². The summed E-state index contributed by atoms with van der Waals surface area (Å²) < 4.78 is 13.1. The number of carbonyl (C=O) groups excluding carboxylic acids is 1. The molecule has 1 amide bonds. The number of benzene rings is 1. The first-order chi connectivity index (χ1) is 13.3. The predicted octanol–water partition coefficient (Wildman–Crippen LogP) is 2.03. The standard InChI is InChI=1S/C20H26N4O3/c25-19(9-15-27-17-4-2-1-3-5-17)23-10-6-18-21-20(22-24(18)12-11-23)16-7-13-26-14-8-16/h1-5,16H,6-15H2. The molecule has 2 aliphatic rings.